The third-order valence-electron chi connectivity index (χ3n) is 2.84. The molecule has 2 rings (SSSR count). The molecule has 1 aromatic carbocycles. The third kappa shape index (κ3) is 1.46. The van der Waals surface area contributed by atoms with Gasteiger partial charge in [-0.3, -0.25) is 0 Å². The van der Waals surface area contributed by atoms with Crippen LogP contribution in [0.1, 0.15) is 23.5 Å². The van der Waals surface area contributed by atoms with E-state index in [9.17, 15) is 4.39 Å². The van der Waals surface area contributed by atoms with Gasteiger partial charge in [-0.2, -0.15) is 0 Å². The van der Waals surface area contributed by atoms with Crippen molar-refractivity contribution in [1.82, 2.24) is 0 Å². The number of fused-ring (bicyclic) bond motifs is 1. The van der Waals surface area contributed by atoms with E-state index in [1.54, 1.807) is 0 Å². The van der Waals surface area contributed by atoms with Crippen molar-refractivity contribution >= 4 is 0 Å². The first-order chi connectivity index (χ1) is 6.33. The van der Waals surface area contributed by atoms with Crippen LogP contribution in [0.5, 0.6) is 0 Å². The zero-order valence-electron chi connectivity index (χ0n) is 7.54. The fraction of sp³-hybridized carbons (Fsp3) is 0.455. The van der Waals surface area contributed by atoms with Crippen molar-refractivity contribution in [1.29, 1.82) is 0 Å². The topological polar surface area (TPSA) is 26.0 Å². The molecule has 0 bridgehead atoms. The molecule has 0 saturated carbocycles. The van der Waals surface area contributed by atoms with Crippen LogP contribution >= 0.6 is 0 Å². The lowest BCUT2D eigenvalue weighted by Gasteiger charge is -2.14. The molecular formula is C11H14FN. The summed E-state index contributed by atoms with van der Waals surface area (Å²) < 4.78 is 13.4. The van der Waals surface area contributed by atoms with Crippen molar-refractivity contribution in [2.45, 2.75) is 24.9 Å². The van der Waals surface area contributed by atoms with Gasteiger partial charge >= 0.3 is 0 Å². The maximum atomic E-state index is 13.4. The molecule has 0 heterocycles. The molecule has 1 aliphatic rings. The van der Waals surface area contributed by atoms with Gasteiger partial charge in [-0.15, -0.1) is 0 Å². The Bertz CT molecular complexity index is 298. The Hall–Kier alpha value is -0.890. The maximum absolute atomic E-state index is 13.4. The van der Waals surface area contributed by atoms with E-state index >= 15 is 0 Å². The fourth-order valence-corrected chi connectivity index (χ4v) is 2.13. The summed E-state index contributed by atoms with van der Waals surface area (Å²) in [5.74, 6) is 0.0428. The largest absolute Gasteiger partial charge is 0.328 e. The Labute approximate surface area is 77.8 Å². The summed E-state index contributed by atoms with van der Waals surface area (Å²) in [4.78, 5) is 0. The summed E-state index contributed by atoms with van der Waals surface area (Å²) in [5.41, 5.74) is 7.80. The minimum absolute atomic E-state index is 0.0428. The van der Waals surface area contributed by atoms with E-state index in [1.807, 2.05) is 18.2 Å². The minimum Gasteiger partial charge on any atom is -0.328 e. The number of nitrogens with two attached hydrogens (primary N) is 1. The molecule has 2 atom stereocenters. The lowest BCUT2D eigenvalue weighted by molar-refractivity contribution is 0.287. The summed E-state index contributed by atoms with van der Waals surface area (Å²) in [6.45, 7) is 0.138. The van der Waals surface area contributed by atoms with Gasteiger partial charge in [-0.25, -0.2) is 4.39 Å². The van der Waals surface area contributed by atoms with E-state index in [0.29, 0.717) is 0 Å². The Balaban J connectivity index is 2.28. The molecule has 2 unspecified atom stereocenters. The average Bonchev–Trinajstić information content (AvgIpc) is 2.60. The molecule has 0 radical (unpaired) electrons. The van der Waals surface area contributed by atoms with Crippen LogP contribution in [0.4, 0.5) is 4.39 Å². The van der Waals surface area contributed by atoms with Crippen molar-refractivity contribution in [3.8, 4) is 0 Å². The van der Waals surface area contributed by atoms with Crippen LogP contribution in [0.15, 0.2) is 24.3 Å². The molecule has 0 aromatic heterocycles. The van der Waals surface area contributed by atoms with Gasteiger partial charge in [0.2, 0.25) is 0 Å². The Morgan fingerprint density at radius 1 is 1.46 bits per heavy atom. The standard InChI is InChI=1S/C11H14FN/c12-11(7-13)10-6-5-8-3-1-2-4-9(8)10/h1-4,10-11H,5-7,13H2. The van der Waals surface area contributed by atoms with E-state index in [0.717, 1.165) is 12.8 Å². The van der Waals surface area contributed by atoms with E-state index in [1.165, 1.54) is 11.1 Å². The molecule has 1 aliphatic carbocycles. The molecule has 70 valence electrons. The molecule has 0 aliphatic heterocycles. The van der Waals surface area contributed by atoms with Crippen LogP contribution in [0.25, 0.3) is 0 Å². The zero-order chi connectivity index (χ0) is 9.26. The molecule has 0 spiro atoms. The minimum atomic E-state index is -0.872. The highest BCUT2D eigenvalue weighted by Crippen LogP contribution is 2.36. The van der Waals surface area contributed by atoms with Crippen molar-refractivity contribution < 1.29 is 4.39 Å². The van der Waals surface area contributed by atoms with E-state index < -0.39 is 6.17 Å². The number of benzene rings is 1. The highest BCUT2D eigenvalue weighted by molar-refractivity contribution is 5.35. The number of alkyl halides is 1. The molecule has 1 nitrogen and oxygen atoms in total. The van der Waals surface area contributed by atoms with Crippen molar-refractivity contribution in [2.75, 3.05) is 6.54 Å². The van der Waals surface area contributed by atoms with Crippen LogP contribution in [0.2, 0.25) is 0 Å². The number of aryl methyl sites for hydroxylation is 1. The first-order valence-corrected chi connectivity index (χ1v) is 4.75. The second-order valence-electron chi connectivity index (χ2n) is 3.60. The molecule has 1 aromatic rings. The first kappa shape index (κ1) is 8.70. The number of halogens is 1. The number of rotatable bonds is 2. The van der Waals surface area contributed by atoms with Gasteiger partial charge in [0, 0.05) is 12.5 Å². The van der Waals surface area contributed by atoms with Gasteiger partial charge in [0.15, 0.2) is 0 Å². The van der Waals surface area contributed by atoms with Crippen LogP contribution < -0.4 is 5.73 Å². The monoisotopic (exact) mass is 179 g/mol. The summed E-state index contributed by atoms with van der Waals surface area (Å²) in [7, 11) is 0. The highest BCUT2D eigenvalue weighted by Gasteiger charge is 2.28. The van der Waals surface area contributed by atoms with E-state index in [-0.39, 0.29) is 12.5 Å². The van der Waals surface area contributed by atoms with Crippen molar-refractivity contribution in [3.05, 3.63) is 35.4 Å². The summed E-state index contributed by atoms with van der Waals surface area (Å²) in [6, 6.07) is 8.09. The van der Waals surface area contributed by atoms with Gasteiger partial charge in [0.05, 0.1) is 0 Å². The second-order valence-corrected chi connectivity index (χ2v) is 3.60. The number of hydrogen-bond donors (Lipinski definition) is 1. The summed E-state index contributed by atoms with van der Waals surface area (Å²) in [5, 5.41) is 0. The van der Waals surface area contributed by atoms with E-state index in [2.05, 4.69) is 6.07 Å². The lowest BCUT2D eigenvalue weighted by Crippen LogP contribution is -2.21. The predicted octanol–water partition coefficient (Wildman–Crippen LogP) is 2.01. The van der Waals surface area contributed by atoms with Crippen LogP contribution in [0.3, 0.4) is 0 Å². The normalized spacial score (nSPS) is 22.8. The highest BCUT2D eigenvalue weighted by atomic mass is 19.1. The lowest BCUT2D eigenvalue weighted by atomic mass is 9.96. The molecular weight excluding hydrogens is 165 g/mol. The Morgan fingerprint density at radius 2 is 2.23 bits per heavy atom. The number of hydrogen-bond acceptors (Lipinski definition) is 1. The smallest absolute Gasteiger partial charge is 0.119 e. The predicted molar refractivity (Wildman–Crippen MR) is 51.5 cm³/mol. The maximum Gasteiger partial charge on any atom is 0.119 e. The van der Waals surface area contributed by atoms with Gasteiger partial charge in [-0.05, 0) is 24.0 Å². The molecule has 2 N–H and O–H groups in total. The molecule has 13 heavy (non-hydrogen) atoms. The molecule has 2 heteroatoms. The van der Waals surface area contributed by atoms with Crippen LogP contribution in [-0.2, 0) is 6.42 Å². The van der Waals surface area contributed by atoms with Gasteiger partial charge < -0.3 is 5.73 Å². The summed E-state index contributed by atoms with van der Waals surface area (Å²) in [6.07, 6.45) is 1.04. The fourth-order valence-electron chi connectivity index (χ4n) is 2.13. The molecule has 0 fully saturated rings. The van der Waals surface area contributed by atoms with Gasteiger partial charge in [-0.1, -0.05) is 24.3 Å². The van der Waals surface area contributed by atoms with Gasteiger partial charge in [0.25, 0.3) is 0 Å². The zero-order valence-corrected chi connectivity index (χ0v) is 7.54. The third-order valence-corrected chi connectivity index (χ3v) is 2.84. The molecule has 0 amide bonds. The average molecular weight is 179 g/mol. The second kappa shape index (κ2) is 3.46. The summed E-state index contributed by atoms with van der Waals surface area (Å²) >= 11 is 0. The van der Waals surface area contributed by atoms with E-state index in [4.69, 9.17) is 5.73 Å². The van der Waals surface area contributed by atoms with Crippen LogP contribution in [-0.4, -0.2) is 12.7 Å². The van der Waals surface area contributed by atoms with Gasteiger partial charge in [0.1, 0.15) is 6.17 Å². The quantitative estimate of drug-likeness (QED) is 0.738. The molecule has 0 saturated heterocycles. The Kier molecular flexibility index (Phi) is 2.32. The SMILES string of the molecule is NCC(F)C1CCc2ccccc21. The van der Waals surface area contributed by atoms with Crippen molar-refractivity contribution in [3.63, 3.8) is 0 Å². The Morgan fingerprint density at radius 3 is 3.00 bits per heavy atom. The first-order valence-electron chi connectivity index (χ1n) is 4.75. The van der Waals surface area contributed by atoms with Crippen LogP contribution in [0, 0.1) is 0 Å². The van der Waals surface area contributed by atoms with Crippen molar-refractivity contribution in [2.24, 2.45) is 5.73 Å².